The second-order valence-electron chi connectivity index (χ2n) is 6.00. The molecule has 0 bridgehead atoms. The highest BCUT2D eigenvalue weighted by molar-refractivity contribution is 7.16. The first-order chi connectivity index (χ1) is 13.0. The average Bonchev–Trinajstić information content (AvgIpc) is 3.13. The Hall–Kier alpha value is -1.85. The van der Waals surface area contributed by atoms with Crippen LogP contribution in [0.3, 0.4) is 0 Å². The second kappa shape index (κ2) is 8.89. The summed E-state index contributed by atoms with van der Waals surface area (Å²) >= 11 is 13.3. The lowest BCUT2D eigenvalue weighted by atomic mass is 10.1. The van der Waals surface area contributed by atoms with Crippen molar-refractivity contribution in [3.8, 4) is 6.07 Å². The summed E-state index contributed by atoms with van der Waals surface area (Å²) in [5.41, 5.74) is 1.76. The van der Waals surface area contributed by atoms with E-state index in [1.807, 2.05) is 19.1 Å². The van der Waals surface area contributed by atoms with Crippen molar-refractivity contribution >= 4 is 51.4 Å². The molecule has 0 aliphatic carbocycles. The number of hydrogen-bond acceptors (Lipinski definition) is 6. The molecule has 1 aromatic heterocycles. The summed E-state index contributed by atoms with van der Waals surface area (Å²) in [4.78, 5) is 21.1. The Kier molecular flexibility index (Phi) is 6.55. The van der Waals surface area contributed by atoms with E-state index < -0.39 is 0 Å². The molecule has 27 heavy (non-hydrogen) atoms. The molecule has 1 saturated heterocycles. The summed E-state index contributed by atoms with van der Waals surface area (Å²) in [5.74, 6) is -0.171. The quantitative estimate of drug-likeness (QED) is 0.685. The van der Waals surface area contributed by atoms with Gasteiger partial charge in [-0.05, 0) is 24.1 Å². The maximum Gasteiger partial charge on any atom is 0.243 e. The van der Waals surface area contributed by atoms with Crippen molar-refractivity contribution in [1.82, 2.24) is 4.98 Å². The van der Waals surface area contributed by atoms with Crippen LogP contribution in [-0.4, -0.2) is 43.1 Å². The maximum absolute atomic E-state index is 12.5. The summed E-state index contributed by atoms with van der Waals surface area (Å²) in [7, 11) is 0. The van der Waals surface area contributed by atoms with Crippen LogP contribution in [0.15, 0.2) is 18.2 Å². The lowest BCUT2D eigenvalue weighted by Crippen LogP contribution is -2.36. The average molecular weight is 425 g/mol. The normalized spacial score (nSPS) is 14.1. The molecule has 0 atom stereocenters. The van der Waals surface area contributed by atoms with Crippen LogP contribution in [0.2, 0.25) is 5.02 Å². The summed E-state index contributed by atoms with van der Waals surface area (Å²) in [6.07, 6.45) is 0. The molecule has 1 aliphatic heterocycles. The van der Waals surface area contributed by atoms with Crippen LogP contribution >= 0.6 is 34.5 Å². The topological polar surface area (TPSA) is 69.5 Å². The van der Waals surface area contributed by atoms with E-state index in [0.29, 0.717) is 47.2 Å². The molecule has 9 heteroatoms. The summed E-state index contributed by atoms with van der Waals surface area (Å²) in [5, 5.41) is 10.9. The van der Waals surface area contributed by atoms with Crippen LogP contribution in [0.4, 0.5) is 10.9 Å². The molecule has 1 amide bonds. The van der Waals surface area contributed by atoms with E-state index in [9.17, 15) is 10.1 Å². The van der Waals surface area contributed by atoms with Crippen molar-refractivity contribution in [3.63, 3.8) is 0 Å². The van der Waals surface area contributed by atoms with E-state index in [1.165, 1.54) is 16.2 Å². The third-order valence-corrected chi connectivity index (χ3v) is 6.01. The fraction of sp³-hybridized carbons (Fsp3) is 0.389. The predicted molar refractivity (Wildman–Crippen MR) is 108 cm³/mol. The van der Waals surface area contributed by atoms with Gasteiger partial charge in [0, 0.05) is 18.1 Å². The standard InChI is InChI=1S/C18H18Cl2N4O2S/c1-12-13(3-2-4-14(12)20)11-24(16(25)9-19)17-15(10-21)27-18(22-17)23-5-7-26-8-6-23/h2-4H,5-9,11H2,1H3. The first-order valence-corrected chi connectivity index (χ1v) is 10.1. The number of nitriles is 1. The first kappa shape index (κ1) is 19.9. The Bertz CT molecular complexity index is 875. The SMILES string of the molecule is Cc1c(Cl)cccc1CN(C(=O)CCl)c1nc(N2CCOCC2)sc1C#N. The Labute approximate surface area is 171 Å². The van der Waals surface area contributed by atoms with Crippen molar-refractivity contribution in [2.24, 2.45) is 0 Å². The number of amides is 1. The van der Waals surface area contributed by atoms with Gasteiger partial charge in [0.05, 0.1) is 19.8 Å². The Balaban J connectivity index is 1.97. The highest BCUT2D eigenvalue weighted by atomic mass is 35.5. The number of thiazole rings is 1. The molecule has 142 valence electrons. The van der Waals surface area contributed by atoms with Gasteiger partial charge in [-0.15, -0.1) is 11.6 Å². The predicted octanol–water partition coefficient (Wildman–Crippen LogP) is 3.59. The molecule has 0 spiro atoms. The van der Waals surface area contributed by atoms with Gasteiger partial charge in [0.2, 0.25) is 5.91 Å². The third-order valence-electron chi connectivity index (χ3n) is 4.36. The van der Waals surface area contributed by atoms with E-state index >= 15 is 0 Å². The number of nitrogens with zero attached hydrogens (tertiary/aromatic N) is 4. The minimum Gasteiger partial charge on any atom is -0.378 e. The van der Waals surface area contributed by atoms with Crippen LogP contribution in [0.1, 0.15) is 16.0 Å². The van der Waals surface area contributed by atoms with Gasteiger partial charge in [0.1, 0.15) is 11.9 Å². The van der Waals surface area contributed by atoms with Crippen molar-refractivity contribution in [2.45, 2.75) is 13.5 Å². The minimum atomic E-state index is -0.314. The number of halogens is 2. The van der Waals surface area contributed by atoms with Crippen LogP contribution in [0.25, 0.3) is 0 Å². The van der Waals surface area contributed by atoms with Crippen LogP contribution in [0, 0.1) is 18.3 Å². The minimum absolute atomic E-state index is 0.200. The summed E-state index contributed by atoms with van der Waals surface area (Å²) < 4.78 is 5.37. The van der Waals surface area contributed by atoms with Crippen molar-refractivity contribution < 1.29 is 9.53 Å². The fourth-order valence-corrected chi connectivity index (χ4v) is 4.05. The molecule has 0 saturated carbocycles. The van der Waals surface area contributed by atoms with E-state index in [-0.39, 0.29) is 18.3 Å². The molecule has 0 N–H and O–H groups in total. The van der Waals surface area contributed by atoms with Gasteiger partial charge in [0.25, 0.3) is 0 Å². The first-order valence-electron chi connectivity index (χ1n) is 8.39. The number of alkyl halides is 1. The highest BCUT2D eigenvalue weighted by Gasteiger charge is 2.26. The second-order valence-corrected chi connectivity index (χ2v) is 7.65. The van der Waals surface area contributed by atoms with Gasteiger partial charge in [-0.1, -0.05) is 35.1 Å². The number of rotatable bonds is 5. The molecule has 2 heterocycles. The van der Waals surface area contributed by atoms with Gasteiger partial charge in [-0.25, -0.2) is 4.98 Å². The van der Waals surface area contributed by atoms with E-state index in [2.05, 4.69) is 16.0 Å². The molecule has 1 aromatic carbocycles. The van der Waals surface area contributed by atoms with E-state index in [0.717, 1.165) is 11.1 Å². The van der Waals surface area contributed by atoms with Crippen molar-refractivity contribution in [3.05, 3.63) is 39.2 Å². The molecule has 2 aromatic rings. The molecule has 1 fully saturated rings. The largest absolute Gasteiger partial charge is 0.378 e. The zero-order chi connectivity index (χ0) is 19.4. The van der Waals surface area contributed by atoms with E-state index in [1.54, 1.807) is 6.07 Å². The Morgan fingerprint density at radius 3 is 2.85 bits per heavy atom. The van der Waals surface area contributed by atoms with Crippen molar-refractivity contribution in [2.75, 3.05) is 42.0 Å². The van der Waals surface area contributed by atoms with Gasteiger partial charge < -0.3 is 9.64 Å². The third kappa shape index (κ3) is 4.36. The smallest absolute Gasteiger partial charge is 0.243 e. The monoisotopic (exact) mass is 424 g/mol. The van der Waals surface area contributed by atoms with Gasteiger partial charge in [-0.3, -0.25) is 9.69 Å². The van der Waals surface area contributed by atoms with Gasteiger partial charge >= 0.3 is 0 Å². The van der Waals surface area contributed by atoms with Crippen LogP contribution in [0.5, 0.6) is 0 Å². The van der Waals surface area contributed by atoms with Crippen molar-refractivity contribution in [1.29, 1.82) is 5.26 Å². The highest BCUT2D eigenvalue weighted by Crippen LogP contribution is 2.33. The van der Waals surface area contributed by atoms with Crippen LogP contribution in [-0.2, 0) is 16.1 Å². The molecule has 0 unspecified atom stereocenters. The Morgan fingerprint density at radius 1 is 1.44 bits per heavy atom. The van der Waals surface area contributed by atoms with Gasteiger partial charge in [0.15, 0.2) is 15.8 Å². The molecule has 1 aliphatic rings. The number of carbonyl (C=O) groups excluding carboxylic acids is 1. The lowest BCUT2D eigenvalue weighted by molar-refractivity contribution is -0.116. The van der Waals surface area contributed by atoms with Crippen LogP contribution < -0.4 is 9.80 Å². The number of anilines is 2. The maximum atomic E-state index is 12.5. The zero-order valence-electron chi connectivity index (χ0n) is 14.7. The number of ether oxygens (including phenoxy) is 1. The lowest BCUT2D eigenvalue weighted by Gasteiger charge is -2.26. The van der Waals surface area contributed by atoms with Gasteiger partial charge in [-0.2, -0.15) is 5.26 Å². The summed E-state index contributed by atoms with van der Waals surface area (Å²) in [6, 6.07) is 7.69. The zero-order valence-corrected chi connectivity index (χ0v) is 17.1. The summed E-state index contributed by atoms with van der Waals surface area (Å²) in [6.45, 7) is 4.78. The number of aromatic nitrogens is 1. The molecular weight excluding hydrogens is 407 g/mol. The number of hydrogen-bond donors (Lipinski definition) is 0. The number of carbonyl (C=O) groups is 1. The molecule has 3 rings (SSSR count). The molecule has 0 radical (unpaired) electrons. The Morgan fingerprint density at radius 2 is 2.19 bits per heavy atom. The molecular formula is C18H18Cl2N4O2S. The fourth-order valence-electron chi connectivity index (χ4n) is 2.79. The number of benzene rings is 1. The van der Waals surface area contributed by atoms with E-state index in [4.69, 9.17) is 27.9 Å². The molecule has 6 nitrogen and oxygen atoms in total. The number of morpholine rings is 1.